The molecule has 0 saturated heterocycles. The highest BCUT2D eigenvalue weighted by Crippen LogP contribution is 2.02. The van der Waals surface area contributed by atoms with Crippen LogP contribution >= 0.6 is 0 Å². The van der Waals surface area contributed by atoms with E-state index >= 15 is 0 Å². The lowest BCUT2D eigenvalue weighted by Crippen LogP contribution is -2.64. The maximum absolute atomic E-state index is 10.7. The second-order valence-corrected chi connectivity index (χ2v) is 8.32. The maximum Gasteiger partial charge on any atom is 0.186 e. The molecule has 3 unspecified atom stereocenters. The van der Waals surface area contributed by atoms with Crippen LogP contribution in [0.2, 0.25) is 0 Å². The van der Waals surface area contributed by atoms with Gasteiger partial charge in [-0.05, 0) is 26.2 Å². The molecule has 0 bridgehead atoms. The number of unbranched alkanes of at least 4 members (excludes halogenated alkanes) is 6. The Hall–Kier alpha value is -1.11. The number of quaternary nitrogens is 2. The van der Waals surface area contributed by atoms with Gasteiger partial charge in [0, 0.05) is 26.7 Å². The van der Waals surface area contributed by atoms with Gasteiger partial charge in [-0.1, -0.05) is 73.1 Å². The molecular weight excluding hydrogens is 390 g/mol. The molecule has 0 saturated carbocycles. The summed E-state index contributed by atoms with van der Waals surface area (Å²) in [5.41, 5.74) is 13.0. The van der Waals surface area contributed by atoms with Gasteiger partial charge in [-0.25, -0.2) is 0 Å². The smallest absolute Gasteiger partial charge is 0.186 e. The van der Waals surface area contributed by atoms with Crippen LogP contribution in [-0.2, 0) is 14.4 Å². The Balaban J connectivity index is -0.000000174. The molecule has 3 atom stereocenters. The first kappa shape index (κ1) is 37.2. The SMILES string of the molecule is C.CCCCCC(N)C(C)=O.CCCCCC([NH3+])C(C)=O.CCCCCC([NH3+])C(C)=O. The van der Waals surface area contributed by atoms with E-state index in [1.165, 1.54) is 38.5 Å². The Morgan fingerprint density at radius 3 is 1.13 bits per heavy atom. The topological polar surface area (TPSA) is 133 Å². The van der Waals surface area contributed by atoms with E-state index in [0.717, 1.165) is 38.5 Å². The van der Waals surface area contributed by atoms with Gasteiger partial charge in [-0.3, -0.25) is 14.4 Å². The zero-order valence-corrected chi connectivity index (χ0v) is 20.9. The van der Waals surface area contributed by atoms with Crippen molar-refractivity contribution in [3.63, 3.8) is 0 Å². The molecule has 0 fully saturated rings. The van der Waals surface area contributed by atoms with E-state index in [4.69, 9.17) is 5.73 Å². The lowest BCUT2D eigenvalue weighted by molar-refractivity contribution is -0.404. The van der Waals surface area contributed by atoms with Crippen LogP contribution in [0.25, 0.3) is 0 Å². The number of carbonyl (C=O) groups is 3. The molecule has 0 heterocycles. The number of hydrogen-bond acceptors (Lipinski definition) is 4. The van der Waals surface area contributed by atoms with E-state index in [0.29, 0.717) is 0 Å². The fourth-order valence-corrected chi connectivity index (χ4v) is 2.51. The molecule has 0 spiro atoms. The lowest BCUT2D eigenvalue weighted by Gasteiger charge is -2.05. The Morgan fingerprint density at radius 1 is 0.613 bits per heavy atom. The molecule has 0 aliphatic carbocycles. The van der Waals surface area contributed by atoms with Crippen LogP contribution in [0.4, 0.5) is 0 Å². The number of rotatable bonds is 15. The molecule has 0 aromatic carbocycles. The minimum Gasteiger partial charge on any atom is -0.349 e. The summed E-state index contributed by atoms with van der Waals surface area (Å²) in [5, 5.41) is 0. The molecule has 188 valence electrons. The van der Waals surface area contributed by atoms with Gasteiger partial charge in [0.15, 0.2) is 11.6 Å². The van der Waals surface area contributed by atoms with Gasteiger partial charge in [0.1, 0.15) is 17.9 Å². The first-order valence-corrected chi connectivity index (χ1v) is 12.0. The maximum atomic E-state index is 10.7. The average Bonchev–Trinajstić information content (AvgIpc) is 2.69. The third-order valence-corrected chi connectivity index (χ3v) is 5.10. The van der Waals surface area contributed by atoms with Crippen LogP contribution in [0.1, 0.15) is 126 Å². The van der Waals surface area contributed by atoms with Crippen LogP contribution in [-0.4, -0.2) is 35.5 Å². The van der Waals surface area contributed by atoms with Gasteiger partial charge in [0.2, 0.25) is 0 Å². The average molecular weight is 448 g/mol. The quantitative estimate of drug-likeness (QED) is 0.330. The summed E-state index contributed by atoms with van der Waals surface area (Å²) in [4.78, 5) is 32.0. The zero-order chi connectivity index (χ0) is 23.9. The molecule has 6 heteroatoms. The number of nitrogens with two attached hydrogens (primary N) is 1. The van der Waals surface area contributed by atoms with Crippen molar-refractivity contribution >= 4 is 17.3 Å². The zero-order valence-electron chi connectivity index (χ0n) is 20.9. The second kappa shape index (κ2) is 26.9. The summed E-state index contributed by atoms with van der Waals surface area (Å²) < 4.78 is 0. The normalized spacial score (nSPS) is 12.7. The summed E-state index contributed by atoms with van der Waals surface area (Å²) >= 11 is 0. The molecule has 0 aromatic rings. The highest BCUT2D eigenvalue weighted by Gasteiger charge is 2.10. The fourth-order valence-electron chi connectivity index (χ4n) is 2.51. The third-order valence-electron chi connectivity index (χ3n) is 5.10. The van der Waals surface area contributed by atoms with Gasteiger partial charge in [0.25, 0.3) is 0 Å². The predicted molar refractivity (Wildman–Crippen MR) is 133 cm³/mol. The summed E-state index contributed by atoms with van der Waals surface area (Å²) in [7, 11) is 0. The third kappa shape index (κ3) is 31.2. The highest BCUT2D eigenvalue weighted by molar-refractivity contribution is 5.81. The standard InChI is InChI=1S/3C8H17NO.CH4/c3*1-3-4-5-6-8(9)7(2)10;/h3*8H,3-6,9H2,1-2H3;1H4/p+2. The first-order chi connectivity index (χ1) is 14.0. The second-order valence-electron chi connectivity index (χ2n) is 8.32. The molecule has 31 heavy (non-hydrogen) atoms. The molecule has 6 nitrogen and oxygen atoms in total. The van der Waals surface area contributed by atoms with Crippen LogP contribution in [0, 0.1) is 0 Å². The van der Waals surface area contributed by atoms with Crippen molar-refractivity contribution in [2.45, 2.75) is 144 Å². The molecule has 8 N–H and O–H groups in total. The Bertz CT molecular complexity index is 366. The molecule has 0 rings (SSSR count). The molecular formula is C25H57N3O3+2. The monoisotopic (exact) mass is 447 g/mol. The summed E-state index contributed by atoms with van der Waals surface area (Å²) in [6, 6.07) is -0.148. The van der Waals surface area contributed by atoms with E-state index in [1.807, 2.05) is 0 Å². The number of carbonyl (C=O) groups excluding carboxylic acids is 3. The molecule has 0 aliphatic heterocycles. The van der Waals surface area contributed by atoms with E-state index in [2.05, 4.69) is 32.2 Å². The van der Waals surface area contributed by atoms with Crippen molar-refractivity contribution < 1.29 is 25.9 Å². The minimum absolute atomic E-state index is 0. The van der Waals surface area contributed by atoms with Crippen molar-refractivity contribution in [1.29, 1.82) is 0 Å². The highest BCUT2D eigenvalue weighted by atomic mass is 16.1. The lowest BCUT2D eigenvalue weighted by atomic mass is 10.1. The molecule has 0 radical (unpaired) electrons. The first-order valence-electron chi connectivity index (χ1n) is 12.0. The van der Waals surface area contributed by atoms with Crippen molar-refractivity contribution in [2.24, 2.45) is 5.73 Å². The van der Waals surface area contributed by atoms with E-state index in [-0.39, 0.29) is 42.9 Å². The van der Waals surface area contributed by atoms with Crippen molar-refractivity contribution in [3.05, 3.63) is 0 Å². The predicted octanol–water partition coefficient (Wildman–Crippen LogP) is 3.65. The van der Waals surface area contributed by atoms with E-state index < -0.39 is 0 Å². The van der Waals surface area contributed by atoms with Gasteiger partial charge < -0.3 is 17.2 Å². The number of hydrogen-bond donors (Lipinski definition) is 3. The van der Waals surface area contributed by atoms with E-state index in [1.54, 1.807) is 20.8 Å². The Labute approximate surface area is 193 Å². The van der Waals surface area contributed by atoms with Crippen LogP contribution in [0.3, 0.4) is 0 Å². The number of Topliss-reactive ketones (excluding diaryl/α,β-unsaturated/α-hetero) is 3. The van der Waals surface area contributed by atoms with Crippen molar-refractivity contribution in [2.75, 3.05) is 0 Å². The fraction of sp³-hybridized carbons (Fsp3) is 0.880. The van der Waals surface area contributed by atoms with Crippen LogP contribution in [0.15, 0.2) is 0 Å². The number of ketones is 3. The Kier molecular flexibility index (Phi) is 32.3. The van der Waals surface area contributed by atoms with Gasteiger partial charge in [-0.2, -0.15) is 0 Å². The largest absolute Gasteiger partial charge is 0.349 e. The molecule has 0 aromatic heterocycles. The van der Waals surface area contributed by atoms with Crippen molar-refractivity contribution in [1.82, 2.24) is 0 Å². The summed E-state index contributed by atoms with van der Waals surface area (Å²) in [6.45, 7) is 11.2. The summed E-state index contributed by atoms with van der Waals surface area (Å²) in [5.74, 6) is 0.545. The van der Waals surface area contributed by atoms with Crippen LogP contribution in [0.5, 0.6) is 0 Å². The van der Waals surface area contributed by atoms with Gasteiger partial charge in [-0.15, -0.1) is 0 Å². The Morgan fingerprint density at radius 2 is 0.903 bits per heavy atom. The van der Waals surface area contributed by atoms with Gasteiger partial charge in [0.05, 0.1) is 6.04 Å². The van der Waals surface area contributed by atoms with Gasteiger partial charge >= 0.3 is 0 Å². The van der Waals surface area contributed by atoms with Crippen molar-refractivity contribution in [3.8, 4) is 0 Å². The van der Waals surface area contributed by atoms with Crippen LogP contribution < -0.4 is 17.2 Å². The minimum atomic E-state index is -0.216. The van der Waals surface area contributed by atoms with E-state index in [9.17, 15) is 14.4 Å². The molecule has 0 aliphatic rings. The molecule has 0 amide bonds. The summed E-state index contributed by atoms with van der Waals surface area (Å²) in [6.07, 6.45) is 13.4.